The van der Waals surface area contributed by atoms with E-state index in [0.717, 1.165) is 11.1 Å². The SMILES string of the molecule is CC(=O)Oc1ccc(-n2cc3cc(B4OC(C)(C)C(C)(C)O4)c(F)cc3n2)cc1. The summed E-state index contributed by atoms with van der Waals surface area (Å²) in [4.78, 5) is 11.0. The number of nitrogens with zero attached hydrogens (tertiary/aromatic N) is 2. The predicted molar refractivity (Wildman–Crippen MR) is 108 cm³/mol. The summed E-state index contributed by atoms with van der Waals surface area (Å²) in [5, 5.41) is 5.21. The van der Waals surface area contributed by atoms with Crippen LogP contribution in [-0.4, -0.2) is 34.1 Å². The van der Waals surface area contributed by atoms with Crippen LogP contribution in [0.3, 0.4) is 0 Å². The maximum atomic E-state index is 14.8. The summed E-state index contributed by atoms with van der Waals surface area (Å²) in [5.41, 5.74) is 0.530. The number of carbonyl (C=O) groups excluding carboxylic acids is 1. The number of halogens is 1. The quantitative estimate of drug-likeness (QED) is 0.386. The highest BCUT2D eigenvalue weighted by atomic mass is 19.1. The highest BCUT2D eigenvalue weighted by molar-refractivity contribution is 6.62. The Bertz CT molecular complexity index is 1080. The molecule has 0 radical (unpaired) electrons. The third-order valence-electron chi connectivity index (χ3n) is 5.49. The van der Waals surface area contributed by atoms with E-state index in [0.29, 0.717) is 16.7 Å². The maximum absolute atomic E-state index is 14.8. The average molecular weight is 396 g/mol. The second-order valence-electron chi connectivity index (χ2n) is 8.18. The van der Waals surface area contributed by atoms with E-state index in [1.807, 2.05) is 33.9 Å². The van der Waals surface area contributed by atoms with Gasteiger partial charge < -0.3 is 14.0 Å². The van der Waals surface area contributed by atoms with Gasteiger partial charge in [-0.05, 0) is 58.0 Å². The Morgan fingerprint density at radius 2 is 1.72 bits per heavy atom. The molecule has 1 aliphatic rings. The van der Waals surface area contributed by atoms with Crippen LogP contribution in [-0.2, 0) is 14.1 Å². The predicted octanol–water partition coefficient (Wildman–Crippen LogP) is 3.39. The lowest BCUT2D eigenvalue weighted by atomic mass is 9.78. The molecule has 0 unspecified atom stereocenters. The first-order valence-electron chi connectivity index (χ1n) is 9.39. The van der Waals surface area contributed by atoms with E-state index in [4.69, 9.17) is 14.0 Å². The van der Waals surface area contributed by atoms with Crippen molar-refractivity contribution in [2.24, 2.45) is 0 Å². The minimum absolute atomic E-state index is 0.348. The number of hydrogen-bond donors (Lipinski definition) is 0. The van der Waals surface area contributed by atoms with Crippen LogP contribution in [0.15, 0.2) is 42.6 Å². The van der Waals surface area contributed by atoms with Crippen molar-refractivity contribution in [2.75, 3.05) is 0 Å². The molecule has 0 N–H and O–H groups in total. The minimum Gasteiger partial charge on any atom is -0.427 e. The van der Waals surface area contributed by atoms with Crippen LogP contribution >= 0.6 is 0 Å². The Morgan fingerprint density at radius 3 is 2.31 bits per heavy atom. The van der Waals surface area contributed by atoms with E-state index in [1.165, 1.54) is 13.0 Å². The van der Waals surface area contributed by atoms with Crippen molar-refractivity contribution in [1.29, 1.82) is 0 Å². The first-order valence-corrected chi connectivity index (χ1v) is 9.39. The van der Waals surface area contributed by atoms with Gasteiger partial charge in [0.05, 0.1) is 22.4 Å². The summed E-state index contributed by atoms with van der Waals surface area (Å²) in [6.45, 7) is 9.07. The smallest absolute Gasteiger partial charge is 0.427 e. The molecule has 0 atom stereocenters. The number of aromatic nitrogens is 2. The fraction of sp³-hybridized carbons (Fsp3) is 0.333. The van der Waals surface area contributed by atoms with Gasteiger partial charge in [-0.3, -0.25) is 4.79 Å². The molecule has 0 spiro atoms. The molecule has 6 nitrogen and oxygen atoms in total. The van der Waals surface area contributed by atoms with Gasteiger partial charge in [-0.2, -0.15) is 5.10 Å². The van der Waals surface area contributed by atoms with Crippen LogP contribution in [0.2, 0.25) is 0 Å². The number of benzene rings is 2. The van der Waals surface area contributed by atoms with Gasteiger partial charge in [0.25, 0.3) is 0 Å². The number of carbonyl (C=O) groups is 1. The summed E-state index contributed by atoms with van der Waals surface area (Å²) >= 11 is 0. The van der Waals surface area contributed by atoms with Crippen LogP contribution in [0.25, 0.3) is 16.6 Å². The molecule has 29 heavy (non-hydrogen) atoms. The maximum Gasteiger partial charge on any atom is 0.497 e. The van der Waals surface area contributed by atoms with Crippen molar-refractivity contribution < 1.29 is 23.2 Å². The van der Waals surface area contributed by atoms with E-state index >= 15 is 0 Å². The van der Waals surface area contributed by atoms with Gasteiger partial charge in [0.1, 0.15) is 11.6 Å². The van der Waals surface area contributed by atoms with Crippen LogP contribution in [0.5, 0.6) is 5.75 Å². The minimum atomic E-state index is -0.782. The first kappa shape index (κ1) is 19.6. The molecule has 8 heteroatoms. The second kappa shape index (κ2) is 6.67. The average Bonchev–Trinajstić information content (AvgIpc) is 3.11. The molecule has 4 rings (SSSR count). The molecule has 3 aromatic rings. The number of fused-ring (bicyclic) bond motifs is 1. The Morgan fingerprint density at radius 1 is 1.10 bits per heavy atom. The summed E-state index contributed by atoms with van der Waals surface area (Å²) in [6.07, 6.45) is 1.81. The number of rotatable bonds is 3. The van der Waals surface area contributed by atoms with Crippen molar-refractivity contribution in [1.82, 2.24) is 9.78 Å². The second-order valence-corrected chi connectivity index (χ2v) is 8.18. The number of esters is 1. The van der Waals surface area contributed by atoms with E-state index in [1.54, 1.807) is 35.0 Å². The molecule has 1 saturated heterocycles. The van der Waals surface area contributed by atoms with E-state index in [-0.39, 0.29) is 5.97 Å². The van der Waals surface area contributed by atoms with Crippen LogP contribution in [0, 0.1) is 5.82 Å². The molecule has 150 valence electrons. The topological polar surface area (TPSA) is 62.6 Å². The molecule has 1 fully saturated rings. The molecular weight excluding hydrogens is 374 g/mol. The van der Waals surface area contributed by atoms with Crippen molar-refractivity contribution >= 4 is 29.5 Å². The molecule has 0 saturated carbocycles. The van der Waals surface area contributed by atoms with E-state index < -0.39 is 24.1 Å². The third-order valence-corrected chi connectivity index (χ3v) is 5.49. The molecule has 0 amide bonds. The summed E-state index contributed by atoms with van der Waals surface area (Å²) in [7, 11) is -0.782. The van der Waals surface area contributed by atoms with Gasteiger partial charge in [-0.25, -0.2) is 9.07 Å². The molecule has 1 aliphatic heterocycles. The van der Waals surface area contributed by atoms with Crippen molar-refractivity contribution in [2.45, 2.75) is 45.8 Å². The Labute approximate surface area is 168 Å². The normalized spacial score (nSPS) is 17.7. The number of hydrogen-bond acceptors (Lipinski definition) is 5. The van der Waals surface area contributed by atoms with Crippen LogP contribution in [0.1, 0.15) is 34.6 Å². The van der Waals surface area contributed by atoms with Crippen molar-refractivity contribution in [3.05, 3.63) is 48.4 Å². The highest BCUT2D eigenvalue weighted by Gasteiger charge is 2.52. The zero-order chi connectivity index (χ0) is 21.0. The lowest BCUT2D eigenvalue weighted by Crippen LogP contribution is -2.41. The lowest BCUT2D eigenvalue weighted by molar-refractivity contribution is -0.131. The van der Waals surface area contributed by atoms with E-state index in [2.05, 4.69) is 5.10 Å². The fourth-order valence-electron chi connectivity index (χ4n) is 3.18. The zero-order valence-electron chi connectivity index (χ0n) is 17.0. The van der Waals surface area contributed by atoms with Crippen molar-refractivity contribution in [3.63, 3.8) is 0 Å². The third kappa shape index (κ3) is 3.54. The van der Waals surface area contributed by atoms with Crippen molar-refractivity contribution in [3.8, 4) is 11.4 Å². The lowest BCUT2D eigenvalue weighted by Gasteiger charge is -2.32. The molecule has 2 heterocycles. The summed E-state index contributed by atoms with van der Waals surface area (Å²) in [5.74, 6) is -0.355. The standard InChI is InChI=1S/C21H22BFN2O4/c1-13(26)27-16-8-6-15(7-9-16)25-12-14-10-17(18(23)11-19(14)24-25)22-28-20(2,3)21(4,5)29-22/h6-12H,1-5H3. The highest BCUT2D eigenvalue weighted by Crippen LogP contribution is 2.36. The zero-order valence-corrected chi connectivity index (χ0v) is 17.0. The van der Waals surface area contributed by atoms with Gasteiger partial charge >= 0.3 is 13.1 Å². The Kier molecular flexibility index (Phi) is 4.51. The molecule has 0 bridgehead atoms. The molecule has 0 aliphatic carbocycles. The van der Waals surface area contributed by atoms with Gasteiger partial charge in [0, 0.05) is 30.0 Å². The molecular formula is C21H22BFN2O4. The largest absolute Gasteiger partial charge is 0.497 e. The Hall–Kier alpha value is -2.71. The van der Waals surface area contributed by atoms with E-state index in [9.17, 15) is 9.18 Å². The number of ether oxygens (including phenoxy) is 1. The van der Waals surface area contributed by atoms with Crippen LogP contribution < -0.4 is 10.2 Å². The van der Waals surface area contributed by atoms with Gasteiger partial charge in [-0.15, -0.1) is 0 Å². The Balaban J connectivity index is 1.66. The molecule has 1 aromatic heterocycles. The first-order chi connectivity index (χ1) is 13.6. The fourth-order valence-corrected chi connectivity index (χ4v) is 3.18. The van der Waals surface area contributed by atoms with Gasteiger partial charge in [0.15, 0.2) is 0 Å². The van der Waals surface area contributed by atoms with Crippen LogP contribution in [0.4, 0.5) is 4.39 Å². The monoisotopic (exact) mass is 396 g/mol. The summed E-state index contributed by atoms with van der Waals surface area (Å²) in [6, 6.07) is 10.0. The molecule has 2 aromatic carbocycles. The summed E-state index contributed by atoms with van der Waals surface area (Å²) < 4.78 is 33.5. The van der Waals surface area contributed by atoms with Gasteiger partial charge in [0.2, 0.25) is 0 Å². The van der Waals surface area contributed by atoms with Gasteiger partial charge in [-0.1, -0.05) is 0 Å².